The summed E-state index contributed by atoms with van der Waals surface area (Å²) in [5.74, 6) is 0.743. The SMILES string of the molecule is CC/C=N\C(CCC)[C@H](C)CC. The van der Waals surface area contributed by atoms with Crippen LogP contribution >= 0.6 is 0 Å². The predicted molar refractivity (Wildman–Crippen MR) is 56.9 cm³/mol. The van der Waals surface area contributed by atoms with Crippen LogP contribution in [0.25, 0.3) is 0 Å². The normalized spacial score (nSPS) is 16.7. The lowest BCUT2D eigenvalue weighted by molar-refractivity contribution is 0.420. The van der Waals surface area contributed by atoms with Crippen LogP contribution in [-0.2, 0) is 0 Å². The maximum Gasteiger partial charge on any atom is 0.0521 e. The fraction of sp³-hybridized carbons (Fsp3) is 0.909. The van der Waals surface area contributed by atoms with Gasteiger partial charge in [-0.15, -0.1) is 0 Å². The first kappa shape index (κ1) is 11.7. The van der Waals surface area contributed by atoms with E-state index >= 15 is 0 Å². The fourth-order valence-electron chi connectivity index (χ4n) is 1.31. The van der Waals surface area contributed by atoms with Gasteiger partial charge in [0.15, 0.2) is 0 Å². The van der Waals surface area contributed by atoms with Gasteiger partial charge in [0.05, 0.1) is 6.04 Å². The topological polar surface area (TPSA) is 12.4 Å². The Bertz CT molecular complexity index is 118. The molecule has 1 nitrogen and oxygen atoms in total. The summed E-state index contributed by atoms with van der Waals surface area (Å²) in [7, 11) is 0. The molecule has 1 unspecified atom stereocenters. The fourth-order valence-corrected chi connectivity index (χ4v) is 1.31. The summed E-state index contributed by atoms with van der Waals surface area (Å²) in [5.41, 5.74) is 0. The van der Waals surface area contributed by atoms with Crippen molar-refractivity contribution >= 4 is 6.21 Å². The van der Waals surface area contributed by atoms with Gasteiger partial charge in [-0.3, -0.25) is 4.99 Å². The van der Waals surface area contributed by atoms with E-state index in [0.29, 0.717) is 6.04 Å². The summed E-state index contributed by atoms with van der Waals surface area (Å²) in [4.78, 5) is 4.58. The molecule has 0 radical (unpaired) electrons. The first-order valence-corrected chi connectivity index (χ1v) is 5.27. The van der Waals surface area contributed by atoms with Crippen LogP contribution in [0.2, 0.25) is 0 Å². The molecule has 0 aliphatic rings. The molecular formula is C11H23N. The Hall–Kier alpha value is -0.330. The summed E-state index contributed by atoms with van der Waals surface area (Å²) in [6, 6.07) is 0.569. The van der Waals surface area contributed by atoms with E-state index in [2.05, 4.69) is 38.9 Å². The highest BCUT2D eigenvalue weighted by atomic mass is 14.8. The van der Waals surface area contributed by atoms with Gasteiger partial charge < -0.3 is 0 Å². The molecule has 12 heavy (non-hydrogen) atoms. The highest BCUT2D eigenvalue weighted by molar-refractivity contribution is 5.56. The summed E-state index contributed by atoms with van der Waals surface area (Å²) >= 11 is 0. The van der Waals surface area contributed by atoms with Crippen molar-refractivity contribution in [2.24, 2.45) is 10.9 Å². The average Bonchev–Trinajstić information content (AvgIpc) is 2.11. The van der Waals surface area contributed by atoms with Gasteiger partial charge in [0.1, 0.15) is 0 Å². The molecule has 0 amide bonds. The molecule has 0 aliphatic heterocycles. The minimum atomic E-state index is 0.569. The molecular weight excluding hydrogens is 146 g/mol. The van der Waals surface area contributed by atoms with Crippen LogP contribution < -0.4 is 0 Å². The third kappa shape index (κ3) is 4.53. The Morgan fingerprint density at radius 3 is 2.33 bits per heavy atom. The third-order valence-corrected chi connectivity index (χ3v) is 2.36. The Kier molecular flexibility index (Phi) is 7.12. The van der Waals surface area contributed by atoms with Gasteiger partial charge in [-0.25, -0.2) is 0 Å². The zero-order valence-electron chi connectivity index (χ0n) is 9.01. The Labute approximate surface area is 77.3 Å². The van der Waals surface area contributed by atoms with E-state index in [4.69, 9.17) is 0 Å². The Balaban J connectivity index is 3.93. The van der Waals surface area contributed by atoms with Crippen LogP contribution in [0.5, 0.6) is 0 Å². The van der Waals surface area contributed by atoms with Gasteiger partial charge in [-0.2, -0.15) is 0 Å². The van der Waals surface area contributed by atoms with E-state index < -0.39 is 0 Å². The van der Waals surface area contributed by atoms with Crippen molar-refractivity contribution in [3.63, 3.8) is 0 Å². The number of rotatable bonds is 6. The summed E-state index contributed by atoms with van der Waals surface area (Å²) in [6.07, 6.45) is 6.86. The average molecular weight is 169 g/mol. The lowest BCUT2D eigenvalue weighted by Crippen LogP contribution is -2.14. The molecule has 0 aliphatic carbocycles. The second-order valence-corrected chi connectivity index (χ2v) is 3.48. The molecule has 72 valence electrons. The maximum absolute atomic E-state index is 4.58. The van der Waals surface area contributed by atoms with Gasteiger partial charge in [-0.05, 0) is 25.0 Å². The van der Waals surface area contributed by atoms with Crippen molar-refractivity contribution in [2.45, 2.75) is 59.4 Å². The minimum Gasteiger partial charge on any atom is -0.294 e. The molecule has 2 atom stereocenters. The van der Waals surface area contributed by atoms with E-state index in [0.717, 1.165) is 12.3 Å². The highest BCUT2D eigenvalue weighted by Gasteiger charge is 2.11. The first-order valence-electron chi connectivity index (χ1n) is 5.27. The van der Waals surface area contributed by atoms with Crippen molar-refractivity contribution in [3.05, 3.63) is 0 Å². The quantitative estimate of drug-likeness (QED) is 0.538. The first-order chi connectivity index (χ1) is 5.76. The van der Waals surface area contributed by atoms with E-state index in [-0.39, 0.29) is 0 Å². The molecule has 0 fully saturated rings. The van der Waals surface area contributed by atoms with E-state index in [1.807, 2.05) is 0 Å². The second-order valence-electron chi connectivity index (χ2n) is 3.48. The van der Waals surface area contributed by atoms with Crippen LogP contribution in [0.15, 0.2) is 4.99 Å². The Morgan fingerprint density at radius 1 is 1.25 bits per heavy atom. The van der Waals surface area contributed by atoms with Crippen LogP contribution in [0, 0.1) is 5.92 Å². The highest BCUT2D eigenvalue weighted by Crippen LogP contribution is 2.15. The van der Waals surface area contributed by atoms with Crippen molar-refractivity contribution in [1.29, 1.82) is 0 Å². The largest absolute Gasteiger partial charge is 0.294 e. The van der Waals surface area contributed by atoms with Crippen molar-refractivity contribution in [2.75, 3.05) is 0 Å². The van der Waals surface area contributed by atoms with E-state index in [9.17, 15) is 0 Å². The molecule has 0 N–H and O–H groups in total. The lowest BCUT2D eigenvalue weighted by Gasteiger charge is -2.17. The molecule has 0 heterocycles. The molecule has 0 saturated heterocycles. The van der Waals surface area contributed by atoms with Crippen molar-refractivity contribution in [3.8, 4) is 0 Å². The van der Waals surface area contributed by atoms with Crippen LogP contribution in [0.1, 0.15) is 53.4 Å². The number of hydrogen-bond donors (Lipinski definition) is 0. The number of aliphatic imine (C=N–C) groups is 1. The zero-order chi connectivity index (χ0) is 9.40. The number of hydrogen-bond acceptors (Lipinski definition) is 1. The van der Waals surface area contributed by atoms with Crippen LogP contribution in [0.3, 0.4) is 0 Å². The van der Waals surface area contributed by atoms with Gasteiger partial charge in [-0.1, -0.05) is 40.5 Å². The predicted octanol–water partition coefficient (Wildman–Crippen LogP) is 3.68. The summed E-state index contributed by atoms with van der Waals surface area (Å²) in [5, 5.41) is 0. The van der Waals surface area contributed by atoms with Gasteiger partial charge >= 0.3 is 0 Å². The molecule has 0 aromatic rings. The lowest BCUT2D eigenvalue weighted by atomic mass is 9.96. The number of nitrogens with zero attached hydrogens (tertiary/aromatic N) is 1. The van der Waals surface area contributed by atoms with Crippen molar-refractivity contribution in [1.82, 2.24) is 0 Å². The standard InChI is InChI=1S/C11H23N/c1-5-8-11(10(4)7-3)12-9-6-2/h9-11H,5-8H2,1-4H3/b12-9-/t10-,11?/m1/s1. The second kappa shape index (κ2) is 7.33. The van der Waals surface area contributed by atoms with E-state index in [1.165, 1.54) is 19.3 Å². The third-order valence-electron chi connectivity index (χ3n) is 2.36. The Morgan fingerprint density at radius 2 is 1.92 bits per heavy atom. The van der Waals surface area contributed by atoms with E-state index in [1.54, 1.807) is 0 Å². The molecule has 0 spiro atoms. The smallest absolute Gasteiger partial charge is 0.0521 e. The molecule has 0 aromatic carbocycles. The molecule has 0 rings (SSSR count). The summed E-state index contributed by atoms with van der Waals surface area (Å²) < 4.78 is 0. The monoisotopic (exact) mass is 169 g/mol. The molecule has 1 heteroatoms. The maximum atomic E-state index is 4.58. The van der Waals surface area contributed by atoms with Gasteiger partial charge in [0.25, 0.3) is 0 Å². The van der Waals surface area contributed by atoms with Gasteiger partial charge in [0.2, 0.25) is 0 Å². The molecule has 0 aromatic heterocycles. The van der Waals surface area contributed by atoms with Crippen LogP contribution in [-0.4, -0.2) is 12.3 Å². The molecule has 0 bridgehead atoms. The molecule has 0 saturated carbocycles. The minimum absolute atomic E-state index is 0.569. The zero-order valence-corrected chi connectivity index (χ0v) is 9.01. The van der Waals surface area contributed by atoms with Gasteiger partial charge in [0, 0.05) is 0 Å². The van der Waals surface area contributed by atoms with Crippen LogP contribution in [0.4, 0.5) is 0 Å². The summed E-state index contributed by atoms with van der Waals surface area (Å²) in [6.45, 7) is 8.92. The van der Waals surface area contributed by atoms with Crippen molar-refractivity contribution < 1.29 is 0 Å².